The SMILES string of the molecule is NNC(C1CCCCCCC1)C1CCOC1. The molecule has 94 valence electrons. The summed E-state index contributed by atoms with van der Waals surface area (Å²) < 4.78 is 5.49. The highest BCUT2D eigenvalue weighted by Crippen LogP contribution is 2.30. The molecule has 2 fully saturated rings. The van der Waals surface area contributed by atoms with Crippen molar-refractivity contribution in [3.8, 4) is 0 Å². The second kappa shape index (κ2) is 6.58. The van der Waals surface area contributed by atoms with E-state index in [-0.39, 0.29) is 0 Å². The van der Waals surface area contributed by atoms with Crippen LogP contribution in [0, 0.1) is 11.8 Å². The molecule has 1 saturated carbocycles. The van der Waals surface area contributed by atoms with Crippen molar-refractivity contribution in [3.63, 3.8) is 0 Å². The lowest BCUT2D eigenvalue weighted by Crippen LogP contribution is -2.46. The number of hydrazine groups is 1. The fraction of sp³-hybridized carbons (Fsp3) is 1.00. The molecule has 1 saturated heterocycles. The maximum atomic E-state index is 5.77. The Labute approximate surface area is 99.1 Å². The molecule has 2 atom stereocenters. The first-order chi connectivity index (χ1) is 7.92. The maximum Gasteiger partial charge on any atom is 0.0510 e. The maximum absolute atomic E-state index is 5.77. The largest absolute Gasteiger partial charge is 0.381 e. The van der Waals surface area contributed by atoms with Gasteiger partial charge in [0.25, 0.3) is 0 Å². The van der Waals surface area contributed by atoms with E-state index in [1.807, 2.05) is 0 Å². The van der Waals surface area contributed by atoms with Crippen molar-refractivity contribution < 1.29 is 4.74 Å². The third-order valence-corrected chi connectivity index (χ3v) is 4.32. The normalized spacial score (nSPS) is 30.9. The highest BCUT2D eigenvalue weighted by molar-refractivity contribution is 4.84. The Morgan fingerprint density at radius 2 is 1.62 bits per heavy atom. The Bertz CT molecular complexity index is 184. The quantitative estimate of drug-likeness (QED) is 0.573. The van der Waals surface area contributed by atoms with Crippen LogP contribution in [0.2, 0.25) is 0 Å². The molecule has 2 aliphatic rings. The number of hydrogen-bond donors (Lipinski definition) is 2. The first-order valence-corrected chi connectivity index (χ1v) is 6.95. The van der Waals surface area contributed by atoms with E-state index in [9.17, 15) is 0 Å². The summed E-state index contributed by atoms with van der Waals surface area (Å²) in [5, 5.41) is 0. The van der Waals surface area contributed by atoms with E-state index in [2.05, 4.69) is 5.43 Å². The average Bonchev–Trinajstić information content (AvgIpc) is 2.75. The predicted molar refractivity (Wildman–Crippen MR) is 65.8 cm³/mol. The summed E-state index contributed by atoms with van der Waals surface area (Å²) in [5.74, 6) is 7.19. The van der Waals surface area contributed by atoms with Gasteiger partial charge in [0.2, 0.25) is 0 Å². The van der Waals surface area contributed by atoms with E-state index >= 15 is 0 Å². The molecule has 0 aromatic carbocycles. The molecular weight excluding hydrogens is 200 g/mol. The number of rotatable bonds is 3. The molecule has 0 aromatic rings. The monoisotopic (exact) mass is 226 g/mol. The fourth-order valence-corrected chi connectivity index (χ4v) is 3.34. The van der Waals surface area contributed by atoms with Gasteiger partial charge in [-0.15, -0.1) is 0 Å². The Hall–Kier alpha value is -0.120. The highest BCUT2D eigenvalue weighted by Gasteiger charge is 2.31. The molecule has 16 heavy (non-hydrogen) atoms. The first kappa shape index (κ1) is 12.3. The molecular formula is C13H26N2O. The van der Waals surface area contributed by atoms with Gasteiger partial charge in [-0.05, 0) is 25.2 Å². The summed E-state index contributed by atoms with van der Waals surface area (Å²) >= 11 is 0. The molecule has 3 N–H and O–H groups in total. The third-order valence-electron chi connectivity index (χ3n) is 4.32. The van der Waals surface area contributed by atoms with Crippen LogP contribution in [0.5, 0.6) is 0 Å². The van der Waals surface area contributed by atoms with Gasteiger partial charge in [0.15, 0.2) is 0 Å². The van der Waals surface area contributed by atoms with Crippen LogP contribution in [-0.4, -0.2) is 19.3 Å². The van der Waals surface area contributed by atoms with Crippen LogP contribution in [0.3, 0.4) is 0 Å². The van der Waals surface area contributed by atoms with E-state index in [0.29, 0.717) is 12.0 Å². The zero-order chi connectivity index (χ0) is 11.2. The molecule has 0 amide bonds. The topological polar surface area (TPSA) is 47.3 Å². The molecule has 3 heteroatoms. The molecule has 1 heterocycles. The number of ether oxygens (including phenoxy) is 1. The number of nitrogens with one attached hydrogen (secondary N) is 1. The van der Waals surface area contributed by atoms with Crippen molar-refractivity contribution in [2.45, 2.75) is 57.4 Å². The van der Waals surface area contributed by atoms with Gasteiger partial charge in [0.1, 0.15) is 0 Å². The van der Waals surface area contributed by atoms with E-state index in [4.69, 9.17) is 10.6 Å². The lowest BCUT2D eigenvalue weighted by molar-refractivity contribution is 0.157. The highest BCUT2D eigenvalue weighted by atomic mass is 16.5. The summed E-state index contributed by atoms with van der Waals surface area (Å²) in [6.07, 6.45) is 10.9. The molecule has 0 aromatic heterocycles. The van der Waals surface area contributed by atoms with Crippen molar-refractivity contribution in [2.24, 2.45) is 17.7 Å². The Kier molecular flexibility index (Phi) is 5.07. The Balaban J connectivity index is 1.89. The molecule has 2 unspecified atom stereocenters. The molecule has 2 rings (SSSR count). The van der Waals surface area contributed by atoms with Gasteiger partial charge < -0.3 is 4.74 Å². The van der Waals surface area contributed by atoms with E-state index in [1.165, 1.54) is 51.4 Å². The summed E-state index contributed by atoms with van der Waals surface area (Å²) in [5.41, 5.74) is 3.08. The summed E-state index contributed by atoms with van der Waals surface area (Å²) in [6, 6.07) is 0.487. The molecule has 1 aliphatic carbocycles. The standard InChI is InChI=1S/C13H26N2O/c14-15-13(12-8-9-16-10-12)11-6-4-2-1-3-5-7-11/h11-13,15H,1-10,14H2. The van der Waals surface area contributed by atoms with Crippen molar-refractivity contribution in [3.05, 3.63) is 0 Å². The summed E-state index contributed by atoms with van der Waals surface area (Å²) in [7, 11) is 0. The van der Waals surface area contributed by atoms with Crippen LogP contribution in [0.25, 0.3) is 0 Å². The van der Waals surface area contributed by atoms with E-state index in [1.54, 1.807) is 0 Å². The second-order valence-electron chi connectivity index (χ2n) is 5.42. The first-order valence-electron chi connectivity index (χ1n) is 6.95. The summed E-state index contributed by atoms with van der Waals surface area (Å²) in [6.45, 7) is 1.83. The van der Waals surface area contributed by atoms with Gasteiger partial charge >= 0.3 is 0 Å². The van der Waals surface area contributed by atoms with Crippen LogP contribution in [0.4, 0.5) is 0 Å². The van der Waals surface area contributed by atoms with Gasteiger partial charge in [-0.1, -0.05) is 32.1 Å². The summed E-state index contributed by atoms with van der Waals surface area (Å²) in [4.78, 5) is 0. The molecule has 0 radical (unpaired) electrons. The predicted octanol–water partition coefficient (Wildman–Crippen LogP) is 2.22. The molecule has 1 aliphatic heterocycles. The smallest absolute Gasteiger partial charge is 0.0510 e. The van der Waals surface area contributed by atoms with Crippen LogP contribution < -0.4 is 11.3 Å². The molecule has 0 spiro atoms. The zero-order valence-electron chi connectivity index (χ0n) is 10.3. The van der Waals surface area contributed by atoms with Crippen molar-refractivity contribution in [2.75, 3.05) is 13.2 Å². The van der Waals surface area contributed by atoms with Gasteiger partial charge in [-0.3, -0.25) is 11.3 Å². The minimum absolute atomic E-state index is 0.487. The van der Waals surface area contributed by atoms with E-state index in [0.717, 1.165) is 19.1 Å². The number of nitrogens with two attached hydrogens (primary N) is 1. The third kappa shape index (κ3) is 3.19. The lowest BCUT2D eigenvalue weighted by atomic mass is 9.80. The Morgan fingerprint density at radius 1 is 0.938 bits per heavy atom. The van der Waals surface area contributed by atoms with Gasteiger partial charge in [-0.25, -0.2) is 0 Å². The van der Waals surface area contributed by atoms with Crippen LogP contribution >= 0.6 is 0 Å². The fourth-order valence-electron chi connectivity index (χ4n) is 3.34. The van der Waals surface area contributed by atoms with Crippen LogP contribution in [-0.2, 0) is 4.74 Å². The average molecular weight is 226 g/mol. The van der Waals surface area contributed by atoms with Crippen LogP contribution in [0.15, 0.2) is 0 Å². The minimum atomic E-state index is 0.487. The number of hydrogen-bond acceptors (Lipinski definition) is 3. The van der Waals surface area contributed by atoms with Crippen molar-refractivity contribution in [1.29, 1.82) is 0 Å². The van der Waals surface area contributed by atoms with Crippen molar-refractivity contribution in [1.82, 2.24) is 5.43 Å². The second-order valence-corrected chi connectivity index (χ2v) is 5.42. The zero-order valence-corrected chi connectivity index (χ0v) is 10.3. The molecule has 0 bridgehead atoms. The Morgan fingerprint density at radius 3 is 2.19 bits per heavy atom. The van der Waals surface area contributed by atoms with E-state index < -0.39 is 0 Å². The van der Waals surface area contributed by atoms with Crippen LogP contribution in [0.1, 0.15) is 51.4 Å². The van der Waals surface area contributed by atoms with Gasteiger partial charge in [0, 0.05) is 18.6 Å². The minimum Gasteiger partial charge on any atom is -0.381 e. The van der Waals surface area contributed by atoms with Gasteiger partial charge in [0.05, 0.1) is 6.61 Å². The molecule has 3 nitrogen and oxygen atoms in total. The van der Waals surface area contributed by atoms with Crippen molar-refractivity contribution >= 4 is 0 Å². The lowest BCUT2D eigenvalue weighted by Gasteiger charge is -2.31. The van der Waals surface area contributed by atoms with Gasteiger partial charge in [-0.2, -0.15) is 0 Å².